The third kappa shape index (κ3) is 5.90. The summed E-state index contributed by atoms with van der Waals surface area (Å²) >= 11 is 6.37. The van der Waals surface area contributed by atoms with Crippen LogP contribution in [0, 0.1) is 0 Å². The summed E-state index contributed by atoms with van der Waals surface area (Å²) in [7, 11) is 1.56. The predicted octanol–water partition coefficient (Wildman–Crippen LogP) is 3.79. The van der Waals surface area contributed by atoms with E-state index in [1.807, 2.05) is 30.3 Å². The van der Waals surface area contributed by atoms with Crippen LogP contribution in [0.5, 0.6) is 5.75 Å². The Labute approximate surface area is 198 Å². The topological polar surface area (TPSA) is 83.7 Å². The number of aromatic nitrogens is 2. The number of rotatable bonds is 8. The van der Waals surface area contributed by atoms with Gasteiger partial charge in [-0.2, -0.15) is 4.98 Å². The average Bonchev–Trinajstić information content (AvgIpc) is 3.26. The summed E-state index contributed by atoms with van der Waals surface area (Å²) in [6.45, 7) is 6.39. The fraction of sp³-hybridized carbons (Fsp3) is 0.375. The van der Waals surface area contributed by atoms with Crippen molar-refractivity contribution in [2.45, 2.75) is 25.9 Å². The summed E-state index contributed by atoms with van der Waals surface area (Å²) in [6.07, 6.45) is 0.0324. The molecule has 1 saturated heterocycles. The number of ether oxygens (including phenoxy) is 1. The third-order valence-corrected chi connectivity index (χ3v) is 6.22. The van der Waals surface area contributed by atoms with Crippen LogP contribution in [-0.4, -0.2) is 59.1 Å². The molecule has 3 aromatic rings. The Morgan fingerprint density at radius 3 is 2.64 bits per heavy atom. The molecular weight excluding hydrogens is 442 g/mol. The minimum Gasteiger partial charge on any atom is -0.495 e. The zero-order chi connectivity index (χ0) is 23.2. The van der Waals surface area contributed by atoms with Crippen molar-refractivity contribution in [3.05, 3.63) is 70.8 Å². The second kappa shape index (κ2) is 10.8. The van der Waals surface area contributed by atoms with Crippen molar-refractivity contribution in [3.63, 3.8) is 0 Å². The lowest BCUT2D eigenvalue weighted by Crippen LogP contribution is -2.46. The van der Waals surface area contributed by atoms with Crippen molar-refractivity contribution in [1.82, 2.24) is 19.9 Å². The first-order valence-electron chi connectivity index (χ1n) is 11.0. The minimum atomic E-state index is -0.228. The van der Waals surface area contributed by atoms with Gasteiger partial charge in [-0.25, -0.2) is 0 Å². The van der Waals surface area contributed by atoms with Gasteiger partial charge in [-0.15, -0.1) is 0 Å². The molecule has 0 saturated carbocycles. The number of nitrogens with zero attached hydrogens (tertiary/aromatic N) is 4. The van der Waals surface area contributed by atoms with Crippen LogP contribution in [0.3, 0.4) is 0 Å². The van der Waals surface area contributed by atoms with Gasteiger partial charge in [0.1, 0.15) is 5.75 Å². The molecule has 0 spiro atoms. The SMILES string of the molecule is COc1ccccc1NC(=O)Cc1noc(CN2CCN([C@@H](C)c3ccccc3Cl)CC2)n1. The lowest BCUT2D eigenvalue weighted by Gasteiger charge is -2.37. The Bertz CT molecular complexity index is 1080. The molecule has 0 bridgehead atoms. The van der Waals surface area contributed by atoms with Gasteiger partial charge in [-0.05, 0) is 30.7 Å². The molecule has 0 aliphatic carbocycles. The fourth-order valence-electron chi connectivity index (χ4n) is 4.02. The molecule has 2 aromatic carbocycles. The summed E-state index contributed by atoms with van der Waals surface area (Å²) in [5.41, 5.74) is 1.76. The molecule has 1 fully saturated rings. The van der Waals surface area contributed by atoms with E-state index in [2.05, 4.69) is 38.2 Å². The Morgan fingerprint density at radius 1 is 1.15 bits per heavy atom. The van der Waals surface area contributed by atoms with Crippen molar-refractivity contribution in [1.29, 1.82) is 0 Å². The van der Waals surface area contributed by atoms with Gasteiger partial charge in [0.15, 0.2) is 5.82 Å². The molecule has 1 N–H and O–H groups in total. The zero-order valence-corrected chi connectivity index (χ0v) is 19.6. The van der Waals surface area contributed by atoms with E-state index in [-0.39, 0.29) is 18.4 Å². The molecule has 33 heavy (non-hydrogen) atoms. The lowest BCUT2D eigenvalue weighted by atomic mass is 10.1. The molecule has 174 valence electrons. The zero-order valence-electron chi connectivity index (χ0n) is 18.8. The third-order valence-electron chi connectivity index (χ3n) is 5.88. The number of para-hydroxylation sites is 2. The minimum absolute atomic E-state index is 0.0324. The molecule has 1 amide bonds. The number of amides is 1. The molecule has 9 heteroatoms. The summed E-state index contributed by atoms with van der Waals surface area (Å²) in [6, 6.07) is 15.5. The highest BCUT2D eigenvalue weighted by molar-refractivity contribution is 6.31. The highest BCUT2D eigenvalue weighted by atomic mass is 35.5. The largest absolute Gasteiger partial charge is 0.495 e. The predicted molar refractivity (Wildman–Crippen MR) is 126 cm³/mol. The van der Waals surface area contributed by atoms with E-state index >= 15 is 0 Å². The van der Waals surface area contributed by atoms with Crippen molar-refractivity contribution in [2.24, 2.45) is 0 Å². The van der Waals surface area contributed by atoms with E-state index in [4.69, 9.17) is 20.9 Å². The van der Waals surface area contributed by atoms with Crippen molar-refractivity contribution in [2.75, 3.05) is 38.6 Å². The highest BCUT2D eigenvalue weighted by Gasteiger charge is 2.24. The number of piperazine rings is 1. The van der Waals surface area contributed by atoms with Crippen molar-refractivity contribution in [3.8, 4) is 5.75 Å². The number of benzene rings is 2. The van der Waals surface area contributed by atoms with Gasteiger partial charge in [0.2, 0.25) is 11.8 Å². The quantitative estimate of drug-likeness (QED) is 0.537. The Balaban J connectivity index is 1.26. The summed E-state index contributed by atoms with van der Waals surface area (Å²) in [5.74, 6) is 1.25. The maximum atomic E-state index is 12.4. The van der Waals surface area contributed by atoms with E-state index in [9.17, 15) is 4.79 Å². The van der Waals surface area contributed by atoms with Crippen LogP contribution < -0.4 is 10.1 Å². The summed E-state index contributed by atoms with van der Waals surface area (Å²) in [5, 5.41) is 7.60. The van der Waals surface area contributed by atoms with Crippen LogP contribution in [0.1, 0.15) is 30.2 Å². The normalized spacial score (nSPS) is 15.8. The second-order valence-corrected chi connectivity index (χ2v) is 8.45. The highest BCUT2D eigenvalue weighted by Crippen LogP contribution is 2.28. The molecule has 1 atom stereocenters. The van der Waals surface area contributed by atoms with Crippen LogP contribution in [0.4, 0.5) is 5.69 Å². The maximum Gasteiger partial charge on any atom is 0.240 e. The smallest absolute Gasteiger partial charge is 0.240 e. The van der Waals surface area contributed by atoms with Crippen LogP contribution in [0.2, 0.25) is 5.02 Å². The second-order valence-electron chi connectivity index (χ2n) is 8.04. The van der Waals surface area contributed by atoms with E-state index in [0.29, 0.717) is 29.7 Å². The Morgan fingerprint density at radius 2 is 1.88 bits per heavy atom. The molecule has 1 aliphatic rings. The summed E-state index contributed by atoms with van der Waals surface area (Å²) < 4.78 is 10.6. The van der Waals surface area contributed by atoms with E-state index < -0.39 is 0 Å². The van der Waals surface area contributed by atoms with Gasteiger partial charge in [0, 0.05) is 37.2 Å². The molecule has 0 radical (unpaired) electrons. The first-order valence-corrected chi connectivity index (χ1v) is 11.4. The average molecular weight is 470 g/mol. The number of anilines is 1. The summed E-state index contributed by atoms with van der Waals surface area (Å²) in [4.78, 5) is 21.5. The standard InChI is InChI=1S/C24H28ClN5O3/c1-17(18-7-3-4-8-19(18)25)30-13-11-29(12-14-30)16-24-27-22(28-33-24)15-23(31)26-20-9-5-6-10-21(20)32-2/h3-10,17H,11-16H2,1-2H3,(H,26,31)/t17-/m0/s1. The molecule has 1 aromatic heterocycles. The first kappa shape index (κ1) is 23.2. The van der Waals surface area contributed by atoms with Gasteiger partial charge in [-0.3, -0.25) is 14.6 Å². The number of hydrogen-bond acceptors (Lipinski definition) is 7. The lowest BCUT2D eigenvalue weighted by molar-refractivity contribution is -0.115. The number of carbonyl (C=O) groups excluding carboxylic acids is 1. The number of carbonyl (C=O) groups is 1. The molecule has 8 nitrogen and oxygen atoms in total. The Kier molecular flexibility index (Phi) is 7.59. The molecule has 0 unspecified atom stereocenters. The monoisotopic (exact) mass is 469 g/mol. The molecule has 4 rings (SSSR count). The number of halogens is 1. The number of methoxy groups -OCH3 is 1. The van der Waals surface area contributed by atoms with E-state index in [1.54, 1.807) is 19.2 Å². The van der Waals surface area contributed by atoms with Gasteiger partial charge in [0.25, 0.3) is 0 Å². The molecular formula is C24H28ClN5O3. The van der Waals surface area contributed by atoms with Gasteiger partial charge in [0.05, 0.1) is 25.8 Å². The van der Waals surface area contributed by atoms with Crippen LogP contribution >= 0.6 is 11.6 Å². The van der Waals surface area contributed by atoms with Crippen molar-refractivity contribution >= 4 is 23.2 Å². The maximum absolute atomic E-state index is 12.4. The molecule has 1 aliphatic heterocycles. The van der Waals surface area contributed by atoms with E-state index in [1.165, 1.54) is 0 Å². The number of nitrogens with one attached hydrogen (secondary N) is 1. The van der Waals surface area contributed by atoms with Gasteiger partial charge in [-0.1, -0.05) is 47.1 Å². The van der Waals surface area contributed by atoms with E-state index in [0.717, 1.165) is 36.8 Å². The van der Waals surface area contributed by atoms with Crippen LogP contribution in [0.15, 0.2) is 53.1 Å². The van der Waals surface area contributed by atoms with Crippen molar-refractivity contribution < 1.29 is 14.1 Å². The van der Waals surface area contributed by atoms with Gasteiger partial charge >= 0.3 is 0 Å². The Hall–Kier alpha value is -2.94. The fourth-order valence-corrected chi connectivity index (χ4v) is 4.32. The van der Waals surface area contributed by atoms with Crippen LogP contribution in [-0.2, 0) is 17.8 Å². The van der Waals surface area contributed by atoms with Gasteiger partial charge < -0.3 is 14.6 Å². The number of hydrogen-bond donors (Lipinski definition) is 1. The first-order chi connectivity index (χ1) is 16.0. The molecule has 2 heterocycles. The van der Waals surface area contributed by atoms with Crippen LogP contribution in [0.25, 0.3) is 0 Å².